The number of halogens is 2. The van der Waals surface area contributed by atoms with Crippen LogP contribution in [-0.2, 0) is 9.59 Å². The highest BCUT2D eigenvalue weighted by atomic mass is 35.5. The number of amides is 2. The summed E-state index contributed by atoms with van der Waals surface area (Å²) in [5.41, 5.74) is 0.539. The number of nitrogens with zero attached hydrogens (tertiary/aromatic N) is 2. The third-order valence-corrected chi connectivity index (χ3v) is 4.68. The molecule has 0 atom stereocenters. The summed E-state index contributed by atoms with van der Waals surface area (Å²) >= 11 is 11.7. The first-order valence-corrected chi connectivity index (χ1v) is 10.5. The number of carbonyl (C=O) groups is 4. The molecule has 0 aromatic heterocycles. The zero-order valence-corrected chi connectivity index (χ0v) is 19.1. The Hall–Kier alpha value is -3.76. The number of phenols is 2. The van der Waals surface area contributed by atoms with Crippen LogP contribution in [-0.4, -0.2) is 73.2 Å². The molecule has 0 spiro atoms. The molecule has 2 amide bonds. The summed E-state index contributed by atoms with van der Waals surface area (Å²) < 4.78 is 0. The molecule has 10 nitrogen and oxygen atoms in total. The number of aliphatic imine (C=N–C) groups is 2. The molecular formula is C22H20Cl2N4O6. The topological polar surface area (TPSA) is 158 Å². The fourth-order valence-electron chi connectivity index (χ4n) is 2.62. The third kappa shape index (κ3) is 7.68. The second-order valence-electron chi connectivity index (χ2n) is 6.68. The van der Waals surface area contributed by atoms with Crippen LogP contribution in [0.1, 0.15) is 31.8 Å². The predicted octanol–water partition coefficient (Wildman–Crippen LogP) is 1.80. The highest BCUT2D eigenvalue weighted by Crippen LogP contribution is 2.25. The van der Waals surface area contributed by atoms with Gasteiger partial charge in [-0.15, -0.1) is 0 Å². The Labute approximate surface area is 204 Å². The quantitative estimate of drug-likeness (QED) is 0.166. The lowest BCUT2D eigenvalue weighted by Gasteiger charge is -2.05. The van der Waals surface area contributed by atoms with Gasteiger partial charge in [0.05, 0.1) is 24.2 Å². The van der Waals surface area contributed by atoms with Crippen molar-refractivity contribution in [1.29, 1.82) is 0 Å². The second kappa shape index (κ2) is 13.1. The van der Waals surface area contributed by atoms with Gasteiger partial charge in [0.15, 0.2) is 12.6 Å². The van der Waals surface area contributed by atoms with Gasteiger partial charge in [-0.25, -0.2) is 0 Å². The van der Waals surface area contributed by atoms with Gasteiger partial charge >= 0.3 is 11.8 Å². The number of rotatable bonds is 10. The monoisotopic (exact) mass is 506 g/mol. The molecule has 0 radical (unpaired) electrons. The van der Waals surface area contributed by atoms with Crippen LogP contribution in [0, 0.1) is 0 Å². The van der Waals surface area contributed by atoms with Crippen LogP contribution in [0.4, 0.5) is 0 Å². The van der Waals surface area contributed by atoms with Crippen LogP contribution >= 0.6 is 23.2 Å². The summed E-state index contributed by atoms with van der Waals surface area (Å²) in [5, 5.41) is 25.1. The van der Waals surface area contributed by atoms with E-state index >= 15 is 0 Å². The van der Waals surface area contributed by atoms with E-state index in [1.165, 1.54) is 36.7 Å². The Balaban J connectivity index is 1.73. The van der Waals surface area contributed by atoms with E-state index in [0.717, 1.165) is 0 Å². The molecule has 12 heteroatoms. The van der Waals surface area contributed by atoms with Gasteiger partial charge in [-0.2, -0.15) is 0 Å². The number of benzene rings is 2. The summed E-state index contributed by atoms with van der Waals surface area (Å²) in [7, 11) is 0. The number of nitrogens with one attached hydrogen (secondary N) is 2. The molecule has 2 aromatic carbocycles. The van der Waals surface area contributed by atoms with Gasteiger partial charge in [-0.1, -0.05) is 23.2 Å². The van der Waals surface area contributed by atoms with E-state index in [1.54, 1.807) is 0 Å². The highest BCUT2D eigenvalue weighted by molar-refractivity contribution is 6.35. The maximum Gasteiger partial charge on any atom is 0.309 e. The molecule has 0 aliphatic heterocycles. The zero-order chi connectivity index (χ0) is 25.1. The second-order valence-corrected chi connectivity index (χ2v) is 7.56. The van der Waals surface area contributed by atoms with E-state index in [0.29, 0.717) is 12.6 Å². The fraction of sp³-hybridized carbons (Fsp3) is 0.182. The summed E-state index contributed by atoms with van der Waals surface area (Å²) in [6.07, 6.45) is 3.53. The van der Waals surface area contributed by atoms with Crippen molar-refractivity contribution in [2.75, 3.05) is 26.2 Å². The van der Waals surface area contributed by atoms with E-state index in [9.17, 15) is 29.4 Å². The van der Waals surface area contributed by atoms with Gasteiger partial charge in [0.25, 0.3) is 0 Å². The fourth-order valence-corrected chi connectivity index (χ4v) is 3.09. The minimum atomic E-state index is -0.865. The molecule has 0 saturated carbocycles. The van der Waals surface area contributed by atoms with E-state index in [1.807, 2.05) is 0 Å². The average Bonchev–Trinajstić information content (AvgIpc) is 2.81. The first kappa shape index (κ1) is 26.5. The molecule has 34 heavy (non-hydrogen) atoms. The molecule has 2 rings (SSSR count). The molecule has 0 bridgehead atoms. The van der Waals surface area contributed by atoms with Crippen LogP contribution in [0.2, 0.25) is 10.0 Å². The minimum absolute atomic E-state index is 0.0262. The van der Waals surface area contributed by atoms with Gasteiger partial charge in [0.1, 0.15) is 11.5 Å². The van der Waals surface area contributed by atoms with Crippen molar-refractivity contribution < 1.29 is 29.4 Å². The summed E-state index contributed by atoms with van der Waals surface area (Å²) in [6.45, 7) is 0.320. The predicted molar refractivity (Wildman–Crippen MR) is 128 cm³/mol. The Morgan fingerprint density at radius 1 is 0.735 bits per heavy atom. The number of aldehydes is 2. The van der Waals surface area contributed by atoms with E-state index in [4.69, 9.17) is 23.2 Å². The smallest absolute Gasteiger partial charge is 0.309 e. The third-order valence-electron chi connectivity index (χ3n) is 4.24. The summed E-state index contributed by atoms with van der Waals surface area (Å²) in [5.74, 6) is -2.25. The largest absolute Gasteiger partial charge is 0.507 e. The maximum absolute atomic E-state index is 11.8. The van der Waals surface area contributed by atoms with Gasteiger partial charge in [0.2, 0.25) is 0 Å². The Bertz CT molecular complexity index is 1060. The first-order valence-electron chi connectivity index (χ1n) is 9.77. The van der Waals surface area contributed by atoms with E-state index < -0.39 is 11.8 Å². The van der Waals surface area contributed by atoms with E-state index in [-0.39, 0.29) is 70.0 Å². The van der Waals surface area contributed by atoms with Gasteiger partial charge in [0, 0.05) is 46.7 Å². The molecule has 0 heterocycles. The van der Waals surface area contributed by atoms with Crippen LogP contribution in [0.3, 0.4) is 0 Å². The van der Waals surface area contributed by atoms with Gasteiger partial charge in [-0.05, 0) is 24.3 Å². The maximum atomic E-state index is 11.8. The number of carbonyl (C=O) groups excluding carboxylic acids is 4. The molecule has 178 valence electrons. The SMILES string of the molecule is O=Cc1cc(Cl)cc(C=NCCNC(=O)C(=O)NCCN=Cc2cc(Cl)cc(C=O)c2O)c1O. The summed E-state index contributed by atoms with van der Waals surface area (Å²) in [4.78, 5) is 53.4. The molecular weight excluding hydrogens is 487 g/mol. The van der Waals surface area contributed by atoms with Crippen molar-refractivity contribution in [2.24, 2.45) is 9.98 Å². The Morgan fingerprint density at radius 2 is 1.09 bits per heavy atom. The molecule has 0 aliphatic rings. The van der Waals surface area contributed by atoms with Crippen LogP contribution < -0.4 is 10.6 Å². The van der Waals surface area contributed by atoms with Gasteiger partial charge in [-0.3, -0.25) is 29.2 Å². The zero-order valence-electron chi connectivity index (χ0n) is 17.6. The number of hydrogen-bond acceptors (Lipinski definition) is 8. The molecule has 0 aliphatic carbocycles. The normalized spacial score (nSPS) is 11.0. The molecule has 4 N–H and O–H groups in total. The van der Waals surface area contributed by atoms with Crippen molar-refractivity contribution in [1.82, 2.24) is 10.6 Å². The number of phenolic OH excluding ortho intramolecular Hbond substituents is 2. The Morgan fingerprint density at radius 3 is 1.44 bits per heavy atom. The molecule has 0 saturated heterocycles. The van der Waals surface area contributed by atoms with Crippen LogP contribution in [0.25, 0.3) is 0 Å². The van der Waals surface area contributed by atoms with Gasteiger partial charge < -0.3 is 20.8 Å². The number of aromatic hydroxyl groups is 2. The van der Waals surface area contributed by atoms with Crippen molar-refractivity contribution in [3.05, 3.63) is 56.6 Å². The summed E-state index contributed by atoms with van der Waals surface area (Å²) in [6, 6.07) is 5.49. The van der Waals surface area contributed by atoms with Crippen molar-refractivity contribution in [3.8, 4) is 11.5 Å². The first-order chi connectivity index (χ1) is 16.3. The van der Waals surface area contributed by atoms with Crippen molar-refractivity contribution in [2.45, 2.75) is 0 Å². The van der Waals surface area contributed by atoms with Crippen LogP contribution in [0.5, 0.6) is 11.5 Å². The molecule has 0 fully saturated rings. The lowest BCUT2D eigenvalue weighted by molar-refractivity contribution is -0.139. The number of hydrogen-bond donors (Lipinski definition) is 4. The lowest BCUT2D eigenvalue weighted by Crippen LogP contribution is -2.41. The Kier molecular flexibility index (Phi) is 10.2. The van der Waals surface area contributed by atoms with Crippen molar-refractivity contribution >= 4 is 60.0 Å². The standard InChI is InChI=1S/C22H20Cl2N4O6/c23-17-5-13(19(31)15(7-17)11-29)9-25-1-3-27-21(33)22(34)28-4-2-26-10-14-6-18(24)8-16(12-30)20(14)32/h5-12,31-32H,1-4H2,(H,27,33)(H,28,34). The van der Waals surface area contributed by atoms with Crippen LogP contribution in [0.15, 0.2) is 34.3 Å². The molecule has 2 aromatic rings. The average molecular weight is 507 g/mol. The molecule has 0 unspecified atom stereocenters. The minimum Gasteiger partial charge on any atom is -0.507 e. The van der Waals surface area contributed by atoms with E-state index in [2.05, 4.69) is 20.6 Å². The highest BCUT2D eigenvalue weighted by Gasteiger charge is 2.12. The lowest BCUT2D eigenvalue weighted by atomic mass is 10.1. The van der Waals surface area contributed by atoms with Crippen molar-refractivity contribution in [3.63, 3.8) is 0 Å².